The molecule has 2 heterocycles. The first-order valence-electron chi connectivity index (χ1n) is 19.7. The highest BCUT2D eigenvalue weighted by Crippen LogP contribution is 2.32. The summed E-state index contributed by atoms with van der Waals surface area (Å²) in [5.74, 6) is -3.54. The first-order chi connectivity index (χ1) is 27.7. The van der Waals surface area contributed by atoms with E-state index in [4.69, 9.17) is 19.0 Å². The van der Waals surface area contributed by atoms with Crippen LogP contribution in [0.1, 0.15) is 126 Å². The monoisotopic (exact) mass is 875 g/mol. The largest absolute Gasteiger partial charge is 0.488 e. The number of amides is 4. The molecule has 1 aromatic carbocycles. The van der Waals surface area contributed by atoms with E-state index in [9.17, 15) is 42.3 Å². The Labute approximate surface area is 357 Å². The number of carboxylic acids is 1. The quantitative estimate of drug-likeness (QED) is 0.115. The maximum atomic E-state index is 13.1. The number of ether oxygens (including phenoxy) is 3. The van der Waals surface area contributed by atoms with Gasteiger partial charge in [0.15, 0.2) is 5.60 Å². The Hall–Kier alpha value is -5.14. The van der Waals surface area contributed by atoms with Crippen LogP contribution in [-0.4, -0.2) is 100 Å². The zero-order chi connectivity index (χ0) is 46.4. The predicted molar refractivity (Wildman–Crippen MR) is 222 cm³/mol. The molecule has 1 fully saturated rings. The van der Waals surface area contributed by atoms with Crippen LogP contribution in [0, 0.1) is 5.41 Å². The van der Waals surface area contributed by atoms with Crippen LogP contribution in [0.2, 0.25) is 0 Å². The number of carbonyl (C=O) groups excluding carboxylic acids is 5. The van der Waals surface area contributed by atoms with E-state index in [0.717, 1.165) is 0 Å². The van der Waals surface area contributed by atoms with Gasteiger partial charge in [-0.25, -0.2) is 18.2 Å². The van der Waals surface area contributed by atoms with Crippen LogP contribution in [0.15, 0.2) is 47.5 Å². The van der Waals surface area contributed by atoms with E-state index in [0.29, 0.717) is 17.2 Å². The number of carbonyl (C=O) groups is 6. The second-order valence-corrected chi connectivity index (χ2v) is 20.5. The maximum Gasteiger partial charge on any atom is 0.364 e. The van der Waals surface area contributed by atoms with Gasteiger partial charge in [-0.05, 0) is 126 Å². The van der Waals surface area contributed by atoms with Gasteiger partial charge in [0.05, 0.1) is 40.0 Å². The lowest BCUT2D eigenvalue weighted by molar-refractivity contribution is -0.213. The molecule has 3 rings (SSSR count). The van der Waals surface area contributed by atoms with Crippen LogP contribution in [0.4, 0.5) is 5.82 Å². The summed E-state index contributed by atoms with van der Waals surface area (Å²) in [7, 11) is -4.06. The number of benzene rings is 1. The van der Waals surface area contributed by atoms with Crippen molar-refractivity contribution < 1.29 is 61.3 Å². The second kappa shape index (κ2) is 18.9. The zero-order valence-corrected chi connectivity index (χ0v) is 38.0. The molecule has 1 aromatic heterocycles. The fourth-order valence-corrected chi connectivity index (χ4v) is 7.17. The molecule has 19 heteroatoms. The van der Waals surface area contributed by atoms with E-state index >= 15 is 0 Å². The molecule has 0 spiro atoms. The van der Waals surface area contributed by atoms with Gasteiger partial charge in [0.1, 0.15) is 17.2 Å². The van der Waals surface area contributed by atoms with Crippen molar-refractivity contribution in [3.63, 3.8) is 0 Å². The second-order valence-electron chi connectivity index (χ2n) is 18.8. The summed E-state index contributed by atoms with van der Waals surface area (Å²) in [6.45, 7) is 20.2. The predicted octanol–water partition coefficient (Wildman–Crippen LogP) is 4.92. The van der Waals surface area contributed by atoms with Crippen molar-refractivity contribution in [1.82, 2.24) is 20.7 Å². The number of aliphatic carboxylic acids is 1. The Bertz CT molecular complexity index is 2040. The number of aromatic nitrogens is 1. The Kier molecular flexibility index (Phi) is 15.5. The van der Waals surface area contributed by atoms with Crippen molar-refractivity contribution >= 4 is 51.4 Å². The number of hydrogen-bond donors (Lipinski definition) is 4. The van der Waals surface area contributed by atoms with Gasteiger partial charge in [-0.3, -0.25) is 28.7 Å². The molecule has 0 saturated carbocycles. The van der Waals surface area contributed by atoms with Gasteiger partial charge in [-0.2, -0.15) is 0 Å². The summed E-state index contributed by atoms with van der Waals surface area (Å²) in [6.07, 6.45) is 1.73. The first kappa shape index (κ1) is 50.2. The van der Waals surface area contributed by atoms with E-state index in [-0.39, 0.29) is 61.1 Å². The molecule has 61 heavy (non-hydrogen) atoms. The summed E-state index contributed by atoms with van der Waals surface area (Å²) >= 11 is 0. The van der Waals surface area contributed by atoms with E-state index < -0.39 is 73.0 Å². The third-order valence-corrected chi connectivity index (χ3v) is 10.8. The molecule has 0 atom stereocenters. The Morgan fingerprint density at radius 3 is 1.92 bits per heavy atom. The molecular formula is C42H61N5O13S. The fraction of sp³-hybridized carbons (Fsp3) is 0.595. The molecule has 4 amide bonds. The van der Waals surface area contributed by atoms with E-state index in [1.165, 1.54) is 56.4 Å². The summed E-state index contributed by atoms with van der Waals surface area (Å²) in [5.41, 5.74) is -5.81. The molecule has 4 N–H and O–H groups in total. The van der Waals surface area contributed by atoms with Gasteiger partial charge < -0.3 is 34.8 Å². The van der Waals surface area contributed by atoms with Crippen molar-refractivity contribution in [2.24, 2.45) is 5.41 Å². The lowest BCUT2D eigenvalue weighted by atomic mass is 9.82. The van der Waals surface area contributed by atoms with Crippen molar-refractivity contribution in [1.29, 1.82) is 0 Å². The van der Waals surface area contributed by atoms with Crippen LogP contribution >= 0.6 is 0 Å². The lowest BCUT2D eigenvalue weighted by Crippen LogP contribution is -2.52. The molecule has 0 bridgehead atoms. The number of hydrogen-bond acceptors (Lipinski definition) is 13. The molecule has 338 valence electrons. The SMILES string of the molecule is CC(C)(COC(C)(C)C(=O)ON1C(=O)CCC1=O)NC(=O)CC(C)(C)OCCC(C)(C)NC(=O)c1ccc(NS(=O)(=O)c2ccc(OC(C)(C)CC(C)(C)C(=O)O)cc2)nc1. The number of nitrogens with zero attached hydrogens (tertiary/aromatic N) is 2. The van der Waals surface area contributed by atoms with Crippen LogP contribution < -0.4 is 20.1 Å². The Morgan fingerprint density at radius 2 is 1.38 bits per heavy atom. The van der Waals surface area contributed by atoms with Gasteiger partial charge in [0, 0.05) is 37.6 Å². The van der Waals surface area contributed by atoms with Crippen LogP contribution in [-0.2, 0) is 48.3 Å². The van der Waals surface area contributed by atoms with Gasteiger partial charge in [0.25, 0.3) is 27.7 Å². The van der Waals surface area contributed by atoms with Crippen molar-refractivity contribution in [3.05, 3.63) is 48.2 Å². The van der Waals surface area contributed by atoms with E-state index in [1.807, 2.05) is 0 Å². The number of hydroxylamine groups is 2. The van der Waals surface area contributed by atoms with Gasteiger partial charge >= 0.3 is 11.9 Å². The molecule has 1 aliphatic rings. The summed E-state index contributed by atoms with van der Waals surface area (Å²) in [4.78, 5) is 83.1. The normalized spacial score (nSPS) is 14.4. The van der Waals surface area contributed by atoms with Crippen molar-refractivity contribution in [2.75, 3.05) is 17.9 Å². The minimum absolute atomic E-state index is 0.0114. The van der Waals surface area contributed by atoms with E-state index in [2.05, 4.69) is 20.3 Å². The van der Waals surface area contributed by atoms with E-state index in [1.54, 1.807) is 69.2 Å². The molecule has 0 unspecified atom stereocenters. The molecular weight excluding hydrogens is 815 g/mol. The standard InChI is InChI=1S/C42H61N5O13S/c1-37(2,35(52)53)25-41(9,10)59-28-14-16-29(17-15-28)61(55,56)46-30-18-13-27(24-43-30)34(51)45-38(3,4)21-22-57-40(7,8)23-31(48)44-39(5,6)26-58-42(11,12)36(54)60-47-32(49)19-20-33(47)50/h13-18,24H,19-23,25-26H2,1-12H3,(H,43,46)(H,44,48)(H,45,51)(H,52,53). The number of nitrogens with one attached hydrogen (secondary N) is 3. The number of imide groups is 1. The number of carboxylic acid groups (broad SMARTS) is 1. The number of pyridine rings is 1. The van der Waals surface area contributed by atoms with Crippen LogP contribution in [0.5, 0.6) is 5.75 Å². The third kappa shape index (κ3) is 15.4. The van der Waals surface area contributed by atoms with Crippen molar-refractivity contribution in [2.45, 2.75) is 148 Å². The lowest BCUT2D eigenvalue weighted by Gasteiger charge is -2.33. The highest BCUT2D eigenvalue weighted by atomic mass is 32.2. The minimum atomic E-state index is -4.06. The number of anilines is 1. The number of rotatable bonds is 22. The van der Waals surface area contributed by atoms with Gasteiger partial charge in [-0.1, -0.05) is 0 Å². The molecule has 18 nitrogen and oxygen atoms in total. The summed E-state index contributed by atoms with van der Waals surface area (Å²) < 4.78 is 46.3. The molecule has 2 aromatic rings. The summed E-state index contributed by atoms with van der Waals surface area (Å²) in [6, 6.07) is 8.48. The zero-order valence-electron chi connectivity index (χ0n) is 37.1. The number of sulfonamides is 1. The third-order valence-electron chi connectivity index (χ3n) is 9.44. The van der Waals surface area contributed by atoms with Crippen molar-refractivity contribution in [3.8, 4) is 5.75 Å². The topological polar surface area (TPSA) is 246 Å². The minimum Gasteiger partial charge on any atom is -0.488 e. The first-order valence-corrected chi connectivity index (χ1v) is 21.2. The fourth-order valence-electron chi connectivity index (χ4n) is 6.16. The Morgan fingerprint density at radius 1 is 0.787 bits per heavy atom. The molecule has 0 aliphatic carbocycles. The average Bonchev–Trinajstić information content (AvgIpc) is 3.41. The average molecular weight is 876 g/mol. The molecule has 1 saturated heterocycles. The molecule has 1 aliphatic heterocycles. The maximum absolute atomic E-state index is 13.1. The van der Waals surface area contributed by atoms with Crippen LogP contribution in [0.3, 0.4) is 0 Å². The smallest absolute Gasteiger partial charge is 0.364 e. The highest BCUT2D eigenvalue weighted by molar-refractivity contribution is 7.92. The van der Waals surface area contributed by atoms with Crippen LogP contribution in [0.25, 0.3) is 0 Å². The van der Waals surface area contributed by atoms with Gasteiger partial charge in [0.2, 0.25) is 5.91 Å². The van der Waals surface area contributed by atoms with Gasteiger partial charge in [-0.15, -0.1) is 5.06 Å². The summed E-state index contributed by atoms with van der Waals surface area (Å²) in [5, 5.41) is 15.7. The highest BCUT2D eigenvalue weighted by Gasteiger charge is 2.40. The Balaban J connectivity index is 1.46. The molecule has 0 radical (unpaired) electrons.